The monoisotopic (exact) mass is 341 g/mol. The Labute approximate surface area is 147 Å². The summed E-state index contributed by atoms with van der Waals surface area (Å²) in [6.07, 6.45) is 0. The molecule has 0 heterocycles. The first-order valence-electron chi connectivity index (χ1n) is 7.90. The zero-order valence-electron chi connectivity index (χ0n) is 14.8. The highest BCUT2D eigenvalue weighted by Gasteiger charge is 2.14. The number of thioether (sulfide) groups is 1. The van der Waals surface area contributed by atoms with Crippen molar-refractivity contribution in [2.75, 3.05) is 5.32 Å². The lowest BCUT2D eigenvalue weighted by molar-refractivity contribution is -0.114. The van der Waals surface area contributed by atoms with E-state index in [4.69, 9.17) is 0 Å². The molecule has 2 rings (SSSR count). The molecular weight excluding hydrogens is 318 g/mol. The van der Waals surface area contributed by atoms with Crippen molar-refractivity contribution in [3.8, 4) is 0 Å². The van der Waals surface area contributed by atoms with E-state index in [-0.39, 0.29) is 11.7 Å². The Hall–Kier alpha value is -2.07. The first-order valence-corrected chi connectivity index (χ1v) is 8.89. The number of aryl methyl sites for hydroxylation is 2. The molecule has 0 spiro atoms. The lowest BCUT2D eigenvalue weighted by atomic mass is 9.92. The smallest absolute Gasteiger partial charge is 0.221 e. The number of carbonyl (C=O) groups is 2. The van der Waals surface area contributed by atoms with Crippen molar-refractivity contribution in [3.05, 3.63) is 58.1 Å². The highest BCUT2D eigenvalue weighted by molar-refractivity contribution is 7.98. The van der Waals surface area contributed by atoms with Gasteiger partial charge in [0.25, 0.3) is 0 Å². The summed E-state index contributed by atoms with van der Waals surface area (Å²) in [6, 6.07) is 9.90. The molecule has 0 unspecified atom stereocenters. The maximum absolute atomic E-state index is 11.9. The number of anilines is 1. The van der Waals surface area contributed by atoms with Gasteiger partial charge in [-0.1, -0.05) is 6.07 Å². The maximum Gasteiger partial charge on any atom is 0.221 e. The molecule has 0 saturated carbocycles. The Balaban J connectivity index is 2.19. The van der Waals surface area contributed by atoms with E-state index in [0.29, 0.717) is 0 Å². The quantitative estimate of drug-likeness (QED) is 0.610. The van der Waals surface area contributed by atoms with Crippen LogP contribution in [0.3, 0.4) is 0 Å². The summed E-state index contributed by atoms with van der Waals surface area (Å²) in [4.78, 5) is 24.1. The number of rotatable bonds is 5. The van der Waals surface area contributed by atoms with Crippen molar-refractivity contribution in [2.24, 2.45) is 0 Å². The van der Waals surface area contributed by atoms with E-state index in [0.717, 1.165) is 33.0 Å². The predicted octanol–water partition coefficient (Wildman–Crippen LogP) is 5.07. The molecule has 0 bridgehead atoms. The fourth-order valence-corrected chi connectivity index (χ4v) is 4.07. The summed E-state index contributed by atoms with van der Waals surface area (Å²) < 4.78 is 0. The van der Waals surface area contributed by atoms with Crippen molar-refractivity contribution >= 4 is 29.1 Å². The Morgan fingerprint density at radius 1 is 1.00 bits per heavy atom. The summed E-state index contributed by atoms with van der Waals surface area (Å²) in [6.45, 7) is 9.25. The second-order valence-electron chi connectivity index (χ2n) is 6.04. The molecule has 126 valence electrons. The van der Waals surface area contributed by atoms with Gasteiger partial charge in [0.05, 0.1) is 0 Å². The molecule has 0 aliphatic carbocycles. The average Bonchev–Trinajstić information content (AvgIpc) is 2.47. The van der Waals surface area contributed by atoms with Crippen LogP contribution in [0.5, 0.6) is 0 Å². The molecule has 0 aliphatic rings. The van der Waals surface area contributed by atoms with Gasteiger partial charge in [0.2, 0.25) is 5.91 Å². The van der Waals surface area contributed by atoms with E-state index < -0.39 is 0 Å². The highest BCUT2D eigenvalue weighted by Crippen LogP contribution is 2.30. The standard InChI is InChI=1S/C20H23NO2S/c1-12-10-13(2)20(15(4)22)14(3)19(12)11-24-18-8-6-17(7-9-18)21-16(5)23/h6-10H,11H2,1-5H3,(H,21,23). The van der Waals surface area contributed by atoms with Gasteiger partial charge in [-0.25, -0.2) is 0 Å². The topological polar surface area (TPSA) is 46.2 Å². The van der Waals surface area contributed by atoms with Crippen molar-refractivity contribution < 1.29 is 9.59 Å². The molecule has 2 aromatic carbocycles. The molecule has 1 N–H and O–H groups in total. The van der Waals surface area contributed by atoms with Crippen LogP contribution in [-0.2, 0) is 10.5 Å². The van der Waals surface area contributed by atoms with Crippen LogP contribution in [0, 0.1) is 20.8 Å². The molecular formula is C20H23NO2S. The average molecular weight is 341 g/mol. The van der Waals surface area contributed by atoms with Crippen LogP contribution in [0.4, 0.5) is 5.69 Å². The van der Waals surface area contributed by atoms with Crippen molar-refractivity contribution in [2.45, 2.75) is 45.3 Å². The zero-order valence-corrected chi connectivity index (χ0v) is 15.6. The van der Waals surface area contributed by atoms with Crippen LogP contribution in [0.1, 0.15) is 46.5 Å². The van der Waals surface area contributed by atoms with E-state index in [1.54, 1.807) is 18.7 Å². The Morgan fingerprint density at radius 2 is 1.62 bits per heavy atom. The molecule has 24 heavy (non-hydrogen) atoms. The van der Waals surface area contributed by atoms with Crippen LogP contribution in [0.15, 0.2) is 35.2 Å². The number of benzene rings is 2. The molecule has 0 atom stereocenters. The predicted molar refractivity (Wildman–Crippen MR) is 101 cm³/mol. The Bertz CT molecular complexity index is 779. The third-order valence-corrected chi connectivity index (χ3v) is 5.08. The van der Waals surface area contributed by atoms with Gasteiger partial charge in [0, 0.05) is 28.8 Å². The summed E-state index contributed by atoms with van der Waals surface area (Å²) in [5.74, 6) is 0.867. The third kappa shape index (κ3) is 4.26. The van der Waals surface area contributed by atoms with Crippen LogP contribution in [0.25, 0.3) is 0 Å². The van der Waals surface area contributed by atoms with Crippen LogP contribution in [0.2, 0.25) is 0 Å². The molecule has 0 aromatic heterocycles. The molecule has 2 aromatic rings. The Kier molecular flexibility index (Phi) is 5.84. The number of carbonyl (C=O) groups excluding carboxylic acids is 2. The van der Waals surface area contributed by atoms with Crippen molar-refractivity contribution in [1.29, 1.82) is 0 Å². The second-order valence-corrected chi connectivity index (χ2v) is 7.09. The molecule has 4 heteroatoms. The summed E-state index contributed by atoms with van der Waals surface area (Å²) >= 11 is 1.73. The summed E-state index contributed by atoms with van der Waals surface area (Å²) in [5.41, 5.74) is 6.22. The SMILES string of the molecule is CC(=O)Nc1ccc(SCc2c(C)cc(C)c(C(C)=O)c2C)cc1. The van der Waals surface area contributed by atoms with Crippen molar-refractivity contribution in [3.63, 3.8) is 0 Å². The largest absolute Gasteiger partial charge is 0.326 e. The second kappa shape index (κ2) is 7.67. The molecule has 0 saturated heterocycles. The normalized spacial score (nSPS) is 10.5. The first-order chi connectivity index (χ1) is 11.3. The minimum Gasteiger partial charge on any atom is -0.326 e. The number of ketones is 1. The Morgan fingerprint density at radius 3 is 2.17 bits per heavy atom. The van der Waals surface area contributed by atoms with Gasteiger partial charge in [0.1, 0.15) is 0 Å². The van der Waals surface area contributed by atoms with E-state index in [1.807, 2.05) is 38.1 Å². The first kappa shape index (κ1) is 18.3. The fraction of sp³-hybridized carbons (Fsp3) is 0.300. The van der Waals surface area contributed by atoms with Gasteiger partial charge in [-0.3, -0.25) is 9.59 Å². The molecule has 0 radical (unpaired) electrons. The van der Waals surface area contributed by atoms with Crippen LogP contribution < -0.4 is 5.32 Å². The summed E-state index contributed by atoms with van der Waals surface area (Å²) in [5, 5.41) is 2.76. The van der Waals surface area contributed by atoms with Gasteiger partial charge in [-0.05, 0) is 74.2 Å². The van der Waals surface area contributed by atoms with E-state index in [1.165, 1.54) is 18.1 Å². The number of Topliss-reactive ketones (excluding diaryl/α,β-unsaturated/α-hetero) is 1. The number of hydrogen-bond donors (Lipinski definition) is 1. The lowest BCUT2D eigenvalue weighted by Crippen LogP contribution is -2.05. The zero-order chi connectivity index (χ0) is 17.9. The van der Waals surface area contributed by atoms with Gasteiger partial charge in [0.15, 0.2) is 5.78 Å². The van der Waals surface area contributed by atoms with Gasteiger partial charge >= 0.3 is 0 Å². The van der Waals surface area contributed by atoms with E-state index in [9.17, 15) is 9.59 Å². The molecule has 0 fully saturated rings. The summed E-state index contributed by atoms with van der Waals surface area (Å²) in [7, 11) is 0. The molecule has 3 nitrogen and oxygen atoms in total. The van der Waals surface area contributed by atoms with Crippen LogP contribution >= 0.6 is 11.8 Å². The van der Waals surface area contributed by atoms with Gasteiger partial charge in [-0.15, -0.1) is 11.8 Å². The van der Waals surface area contributed by atoms with Gasteiger partial charge in [-0.2, -0.15) is 0 Å². The highest BCUT2D eigenvalue weighted by atomic mass is 32.2. The number of hydrogen-bond acceptors (Lipinski definition) is 3. The van der Waals surface area contributed by atoms with E-state index in [2.05, 4.69) is 18.3 Å². The number of amides is 1. The third-order valence-electron chi connectivity index (χ3n) is 4.04. The minimum atomic E-state index is -0.0712. The van der Waals surface area contributed by atoms with Gasteiger partial charge < -0.3 is 5.32 Å². The minimum absolute atomic E-state index is 0.0712. The molecule has 1 amide bonds. The van der Waals surface area contributed by atoms with Crippen molar-refractivity contribution in [1.82, 2.24) is 0 Å². The number of nitrogens with one attached hydrogen (secondary N) is 1. The van der Waals surface area contributed by atoms with E-state index >= 15 is 0 Å². The molecule has 0 aliphatic heterocycles. The van der Waals surface area contributed by atoms with Crippen LogP contribution in [-0.4, -0.2) is 11.7 Å². The maximum atomic E-state index is 11.9. The fourth-order valence-electron chi connectivity index (χ4n) is 2.98. The lowest BCUT2D eigenvalue weighted by Gasteiger charge is -2.15.